The van der Waals surface area contributed by atoms with E-state index in [1.54, 1.807) is 6.26 Å². The van der Waals surface area contributed by atoms with Crippen LogP contribution in [0.3, 0.4) is 0 Å². The molecule has 2 aromatic heterocycles. The van der Waals surface area contributed by atoms with Gasteiger partial charge >= 0.3 is 0 Å². The third kappa shape index (κ3) is 2.96. The second kappa shape index (κ2) is 5.71. The average Bonchev–Trinajstić information content (AvgIpc) is 3.10. The first-order valence-electron chi connectivity index (χ1n) is 6.66. The van der Waals surface area contributed by atoms with Crippen molar-refractivity contribution in [2.24, 2.45) is 0 Å². The van der Waals surface area contributed by atoms with Gasteiger partial charge in [-0.2, -0.15) is 0 Å². The number of nitrogens with zero attached hydrogens (tertiary/aromatic N) is 4. The molecule has 0 spiro atoms. The number of anilines is 1. The van der Waals surface area contributed by atoms with Crippen molar-refractivity contribution in [3.05, 3.63) is 29.1 Å². The molecule has 5 nitrogen and oxygen atoms in total. The summed E-state index contributed by atoms with van der Waals surface area (Å²) in [4.78, 5) is 10.7. The van der Waals surface area contributed by atoms with E-state index in [2.05, 4.69) is 26.9 Å². The van der Waals surface area contributed by atoms with Crippen molar-refractivity contribution < 1.29 is 4.52 Å². The summed E-state index contributed by atoms with van der Waals surface area (Å²) in [6, 6.07) is 1.93. The monoisotopic (exact) mass is 278 g/mol. The Labute approximate surface area is 116 Å². The summed E-state index contributed by atoms with van der Waals surface area (Å²) < 4.78 is 4.87. The molecule has 1 aliphatic heterocycles. The van der Waals surface area contributed by atoms with Crippen molar-refractivity contribution in [2.75, 3.05) is 31.1 Å². The third-order valence-electron chi connectivity index (χ3n) is 3.41. The molecule has 0 unspecified atom stereocenters. The molecule has 6 heteroatoms. The van der Waals surface area contributed by atoms with Gasteiger partial charge in [0.05, 0.1) is 5.69 Å². The lowest BCUT2D eigenvalue weighted by molar-refractivity contribution is 0.242. The lowest BCUT2D eigenvalue weighted by Gasteiger charge is -2.34. The van der Waals surface area contributed by atoms with E-state index in [-0.39, 0.29) is 0 Å². The zero-order valence-corrected chi connectivity index (χ0v) is 11.9. The van der Waals surface area contributed by atoms with Gasteiger partial charge in [-0.3, -0.25) is 4.90 Å². The highest BCUT2D eigenvalue weighted by Gasteiger charge is 2.19. The maximum atomic E-state index is 4.87. The summed E-state index contributed by atoms with van der Waals surface area (Å²) in [5.41, 5.74) is 1.01. The molecule has 0 aliphatic carbocycles. The highest BCUT2D eigenvalue weighted by atomic mass is 32.1. The molecule has 1 fully saturated rings. The van der Waals surface area contributed by atoms with Gasteiger partial charge in [0, 0.05) is 49.9 Å². The molecular weight excluding hydrogens is 260 g/mol. The number of hydrogen-bond donors (Lipinski definition) is 0. The van der Waals surface area contributed by atoms with Crippen LogP contribution in [-0.4, -0.2) is 41.2 Å². The Hall–Kier alpha value is -1.40. The minimum absolute atomic E-state index is 0.877. The predicted molar refractivity (Wildman–Crippen MR) is 75.5 cm³/mol. The van der Waals surface area contributed by atoms with Gasteiger partial charge in [-0.05, 0) is 6.42 Å². The van der Waals surface area contributed by atoms with Crippen LogP contribution >= 0.6 is 11.3 Å². The van der Waals surface area contributed by atoms with Crippen LogP contribution in [0.4, 0.5) is 5.13 Å². The molecule has 0 bridgehead atoms. The summed E-state index contributed by atoms with van der Waals surface area (Å²) in [6.45, 7) is 7.22. The van der Waals surface area contributed by atoms with Gasteiger partial charge in [-0.25, -0.2) is 4.98 Å². The molecule has 102 valence electrons. The fourth-order valence-electron chi connectivity index (χ4n) is 2.25. The van der Waals surface area contributed by atoms with Gasteiger partial charge in [-0.15, -0.1) is 11.3 Å². The molecule has 1 saturated heterocycles. The van der Waals surface area contributed by atoms with Crippen LogP contribution in [0.2, 0.25) is 0 Å². The fourth-order valence-corrected chi connectivity index (χ4v) is 3.15. The highest BCUT2D eigenvalue weighted by Crippen LogP contribution is 2.24. The zero-order valence-electron chi connectivity index (χ0n) is 11.1. The summed E-state index contributed by atoms with van der Waals surface area (Å²) in [6.07, 6.45) is 4.71. The van der Waals surface area contributed by atoms with E-state index >= 15 is 0 Å². The highest BCUT2D eigenvalue weighted by molar-refractivity contribution is 7.15. The molecule has 0 aromatic carbocycles. The first kappa shape index (κ1) is 12.6. The van der Waals surface area contributed by atoms with E-state index in [4.69, 9.17) is 4.52 Å². The van der Waals surface area contributed by atoms with Gasteiger partial charge in [0.1, 0.15) is 6.26 Å². The van der Waals surface area contributed by atoms with E-state index in [1.807, 2.05) is 23.6 Å². The lowest BCUT2D eigenvalue weighted by Crippen LogP contribution is -2.45. The Morgan fingerprint density at radius 1 is 1.32 bits per heavy atom. The molecule has 3 heterocycles. The third-order valence-corrected chi connectivity index (χ3v) is 4.61. The Bertz CT molecular complexity index is 502. The SMILES string of the molecule is CCc1cnc(N2CCN(Cc3ccon3)CC2)s1. The number of aromatic nitrogens is 2. The summed E-state index contributed by atoms with van der Waals surface area (Å²) in [7, 11) is 0. The van der Waals surface area contributed by atoms with Crippen molar-refractivity contribution >= 4 is 16.5 Å². The van der Waals surface area contributed by atoms with Crippen LogP contribution < -0.4 is 4.90 Å². The van der Waals surface area contributed by atoms with Crippen LogP contribution in [0.25, 0.3) is 0 Å². The number of rotatable bonds is 4. The predicted octanol–water partition coefficient (Wildman–Crippen LogP) is 2.02. The molecule has 19 heavy (non-hydrogen) atoms. The maximum absolute atomic E-state index is 4.87. The lowest BCUT2D eigenvalue weighted by atomic mass is 10.3. The summed E-state index contributed by atoms with van der Waals surface area (Å²) >= 11 is 1.81. The summed E-state index contributed by atoms with van der Waals surface area (Å²) in [5, 5.41) is 5.13. The van der Waals surface area contributed by atoms with Crippen molar-refractivity contribution in [3.8, 4) is 0 Å². The van der Waals surface area contributed by atoms with E-state index in [1.165, 1.54) is 4.88 Å². The van der Waals surface area contributed by atoms with E-state index in [0.717, 1.165) is 50.0 Å². The van der Waals surface area contributed by atoms with Crippen molar-refractivity contribution in [2.45, 2.75) is 19.9 Å². The number of thiazole rings is 1. The Morgan fingerprint density at radius 2 is 2.16 bits per heavy atom. The number of hydrogen-bond acceptors (Lipinski definition) is 6. The van der Waals surface area contributed by atoms with Crippen LogP contribution in [0, 0.1) is 0 Å². The molecular formula is C13H18N4OS. The molecule has 0 N–H and O–H groups in total. The molecule has 3 rings (SSSR count). The molecule has 0 atom stereocenters. The smallest absolute Gasteiger partial charge is 0.185 e. The van der Waals surface area contributed by atoms with E-state index in [9.17, 15) is 0 Å². The molecule has 0 saturated carbocycles. The van der Waals surface area contributed by atoms with Gasteiger partial charge in [0.15, 0.2) is 5.13 Å². The maximum Gasteiger partial charge on any atom is 0.185 e. The molecule has 1 aliphatic rings. The van der Waals surface area contributed by atoms with Crippen molar-refractivity contribution in [1.29, 1.82) is 0 Å². The Morgan fingerprint density at radius 3 is 2.79 bits per heavy atom. The molecule has 0 amide bonds. The number of piperazine rings is 1. The molecule has 0 radical (unpaired) electrons. The fraction of sp³-hybridized carbons (Fsp3) is 0.538. The van der Waals surface area contributed by atoms with Crippen LogP contribution in [0.15, 0.2) is 23.0 Å². The Kier molecular flexibility index (Phi) is 3.79. The number of aryl methyl sites for hydroxylation is 1. The molecule has 2 aromatic rings. The van der Waals surface area contributed by atoms with Crippen LogP contribution in [0.1, 0.15) is 17.5 Å². The minimum atomic E-state index is 0.877. The summed E-state index contributed by atoms with van der Waals surface area (Å²) in [5.74, 6) is 0. The van der Waals surface area contributed by atoms with Crippen molar-refractivity contribution in [3.63, 3.8) is 0 Å². The zero-order chi connectivity index (χ0) is 13.1. The van der Waals surface area contributed by atoms with Gasteiger partial charge in [0.2, 0.25) is 0 Å². The second-order valence-corrected chi connectivity index (χ2v) is 5.81. The first-order valence-corrected chi connectivity index (χ1v) is 7.48. The first-order chi connectivity index (χ1) is 9.35. The van der Waals surface area contributed by atoms with E-state index < -0.39 is 0 Å². The quantitative estimate of drug-likeness (QED) is 0.856. The van der Waals surface area contributed by atoms with Crippen LogP contribution in [-0.2, 0) is 13.0 Å². The second-order valence-electron chi connectivity index (χ2n) is 4.72. The van der Waals surface area contributed by atoms with Gasteiger partial charge in [-0.1, -0.05) is 12.1 Å². The average molecular weight is 278 g/mol. The van der Waals surface area contributed by atoms with Crippen molar-refractivity contribution in [1.82, 2.24) is 15.0 Å². The van der Waals surface area contributed by atoms with E-state index in [0.29, 0.717) is 0 Å². The van der Waals surface area contributed by atoms with Gasteiger partial charge < -0.3 is 9.42 Å². The standard InChI is InChI=1S/C13H18N4OS/c1-2-12-9-14-13(19-12)17-6-4-16(5-7-17)10-11-3-8-18-15-11/h3,8-9H,2,4-7,10H2,1H3. The van der Waals surface area contributed by atoms with Gasteiger partial charge in [0.25, 0.3) is 0 Å². The Balaban J connectivity index is 1.54. The largest absolute Gasteiger partial charge is 0.364 e. The van der Waals surface area contributed by atoms with Crippen LogP contribution in [0.5, 0.6) is 0 Å². The normalized spacial score (nSPS) is 17.0. The topological polar surface area (TPSA) is 45.4 Å². The minimum Gasteiger partial charge on any atom is -0.364 e.